The summed E-state index contributed by atoms with van der Waals surface area (Å²) in [4.78, 5) is 22.0. The normalized spacial score (nSPS) is 18.6. The summed E-state index contributed by atoms with van der Waals surface area (Å²) in [6, 6.07) is 4.47. The highest BCUT2D eigenvalue weighted by Gasteiger charge is 2.28. The zero-order valence-corrected chi connectivity index (χ0v) is 21.9. The Morgan fingerprint density at radius 2 is 1.81 bits per heavy atom. The van der Waals surface area contributed by atoms with Gasteiger partial charge in [-0.05, 0) is 25.7 Å². The highest BCUT2D eigenvalue weighted by Crippen LogP contribution is 2.36. The molecule has 1 atom stereocenters. The molecule has 0 radical (unpaired) electrons. The molecule has 1 saturated heterocycles. The molecular formula is C26H31F2N7OS. The van der Waals surface area contributed by atoms with Gasteiger partial charge in [-0.25, -0.2) is 28.6 Å². The highest BCUT2D eigenvalue weighted by atomic mass is 32.2. The quantitative estimate of drug-likeness (QED) is 0.319. The molecule has 8 nitrogen and oxygen atoms in total. The van der Waals surface area contributed by atoms with Crippen LogP contribution in [-0.2, 0) is 6.42 Å². The third-order valence-corrected chi connectivity index (χ3v) is 7.83. The van der Waals surface area contributed by atoms with E-state index in [1.165, 1.54) is 6.07 Å². The van der Waals surface area contributed by atoms with Crippen LogP contribution in [0.15, 0.2) is 36.8 Å². The number of aromatic nitrogens is 4. The minimum Gasteiger partial charge on any atom is -0.490 e. The van der Waals surface area contributed by atoms with Crippen LogP contribution in [0.1, 0.15) is 30.6 Å². The Kier molecular flexibility index (Phi) is 8.11. The molecule has 0 spiro atoms. The summed E-state index contributed by atoms with van der Waals surface area (Å²) in [7, 11) is 0. The van der Waals surface area contributed by atoms with Gasteiger partial charge in [-0.1, -0.05) is 11.9 Å². The highest BCUT2D eigenvalue weighted by molar-refractivity contribution is 7.96. The van der Waals surface area contributed by atoms with Crippen molar-refractivity contribution < 1.29 is 13.5 Å². The van der Waals surface area contributed by atoms with Gasteiger partial charge in [0.15, 0.2) is 23.2 Å². The second-order valence-electron chi connectivity index (χ2n) is 9.18. The van der Waals surface area contributed by atoms with Gasteiger partial charge >= 0.3 is 0 Å². The molecule has 4 heterocycles. The van der Waals surface area contributed by atoms with E-state index in [0.29, 0.717) is 36.9 Å². The molecular weight excluding hydrogens is 496 g/mol. The molecule has 0 aliphatic carbocycles. The fraction of sp³-hybridized carbons (Fsp3) is 0.462. The van der Waals surface area contributed by atoms with E-state index in [9.17, 15) is 8.78 Å². The third kappa shape index (κ3) is 5.83. The number of anilines is 1. The number of nitrogens with zero attached hydrogens (tertiary/aromatic N) is 7. The maximum atomic E-state index is 14.6. The number of rotatable bonds is 8. The Morgan fingerprint density at radius 1 is 1.03 bits per heavy atom. The van der Waals surface area contributed by atoms with Crippen molar-refractivity contribution in [3.8, 4) is 17.4 Å². The molecule has 5 rings (SSSR count). The number of benzene rings is 1. The Hall–Kier alpha value is -2.89. The first kappa shape index (κ1) is 25.7. The molecule has 11 heteroatoms. The lowest BCUT2D eigenvalue weighted by molar-refractivity contribution is 0.180. The van der Waals surface area contributed by atoms with Crippen LogP contribution in [0, 0.1) is 11.6 Å². The average Bonchev–Trinajstić information content (AvgIpc) is 2.94. The summed E-state index contributed by atoms with van der Waals surface area (Å²) in [6.07, 6.45) is 8.58. The fourth-order valence-electron chi connectivity index (χ4n) is 4.87. The van der Waals surface area contributed by atoms with Crippen LogP contribution in [0.25, 0.3) is 11.6 Å². The molecule has 1 fully saturated rings. The van der Waals surface area contributed by atoms with Gasteiger partial charge in [-0.2, -0.15) is 4.39 Å². The van der Waals surface area contributed by atoms with Gasteiger partial charge in [0.1, 0.15) is 0 Å². The van der Waals surface area contributed by atoms with Crippen LogP contribution >= 0.6 is 11.9 Å². The van der Waals surface area contributed by atoms with E-state index in [4.69, 9.17) is 4.74 Å². The third-order valence-electron chi connectivity index (χ3n) is 6.95. The summed E-state index contributed by atoms with van der Waals surface area (Å²) in [5.41, 5.74) is 2.44. The lowest BCUT2D eigenvalue weighted by Crippen LogP contribution is -2.43. The number of hydrogen-bond acceptors (Lipinski definition) is 9. The minimum absolute atomic E-state index is 0.0481. The van der Waals surface area contributed by atoms with Crippen LogP contribution < -0.4 is 9.64 Å². The first-order valence-electron chi connectivity index (χ1n) is 12.6. The monoisotopic (exact) mass is 527 g/mol. The van der Waals surface area contributed by atoms with E-state index in [1.807, 2.05) is 11.8 Å². The van der Waals surface area contributed by atoms with E-state index >= 15 is 0 Å². The number of ether oxygens (including phenoxy) is 1. The predicted octanol–water partition coefficient (Wildman–Crippen LogP) is 4.00. The molecule has 1 aromatic carbocycles. The number of halogens is 2. The lowest BCUT2D eigenvalue weighted by atomic mass is 9.98. The molecule has 2 aliphatic heterocycles. The van der Waals surface area contributed by atoms with E-state index in [-0.39, 0.29) is 11.8 Å². The van der Waals surface area contributed by atoms with Gasteiger partial charge in [0.05, 0.1) is 18.3 Å². The topological polar surface area (TPSA) is 70.5 Å². The van der Waals surface area contributed by atoms with Crippen molar-refractivity contribution in [1.29, 1.82) is 0 Å². The molecule has 0 bridgehead atoms. The summed E-state index contributed by atoms with van der Waals surface area (Å²) in [5.74, 6) is -0.947. The summed E-state index contributed by atoms with van der Waals surface area (Å²) in [6.45, 7) is 7.92. The summed E-state index contributed by atoms with van der Waals surface area (Å²) < 4.78 is 37.3. The summed E-state index contributed by atoms with van der Waals surface area (Å²) in [5, 5.41) is 0. The van der Waals surface area contributed by atoms with Gasteiger partial charge in [0.2, 0.25) is 5.82 Å². The van der Waals surface area contributed by atoms with E-state index in [0.717, 1.165) is 50.4 Å². The van der Waals surface area contributed by atoms with E-state index in [1.54, 1.807) is 42.7 Å². The molecule has 196 valence electrons. The lowest BCUT2D eigenvalue weighted by Gasteiger charge is -2.36. The largest absolute Gasteiger partial charge is 0.490 e. The van der Waals surface area contributed by atoms with Crippen LogP contribution in [0.4, 0.5) is 14.5 Å². The molecule has 3 aromatic rings. The molecule has 0 saturated carbocycles. The second-order valence-corrected chi connectivity index (χ2v) is 10.1. The molecule has 37 heavy (non-hydrogen) atoms. The van der Waals surface area contributed by atoms with Gasteiger partial charge in [0.25, 0.3) is 0 Å². The Morgan fingerprint density at radius 3 is 2.57 bits per heavy atom. The smallest absolute Gasteiger partial charge is 0.200 e. The van der Waals surface area contributed by atoms with Crippen molar-refractivity contribution >= 4 is 17.6 Å². The van der Waals surface area contributed by atoms with Gasteiger partial charge in [0, 0.05) is 87.7 Å². The molecule has 0 amide bonds. The molecule has 0 N–H and O–H groups in total. The number of hydrogen-bond donors (Lipinski definition) is 0. The van der Waals surface area contributed by atoms with Crippen LogP contribution in [-0.4, -0.2) is 81.3 Å². The number of piperazine rings is 1. The SMILES string of the molecule is CSN1CCN(CCCOc2cc(N3CCc4nc(-c5ncccn5)ncc4C3C)cc(F)c2F)CC1. The van der Waals surface area contributed by atoms with Crippen molar-refractivity contribution in [1.82, 2.24) is 29.1 Å². The Bertz CT molecular complexity index is 1210. The van der Waals surface area contributed by atoms with Crippen molar-refractivity contribution in [2.75, 3.05) is 57.0 Å². The predicted molar refractivity (Wildman–Crippen MR) is 141 cm³/mol. The van der Waals surface area contributed by atoms with Crippen molar-refractivity contribution in [2.45, 2.75) is 25.8 Å². The standard InChI is InChI=1S/C26H31F2N7OS/c1-18-20-17-31-26(25-29-6-3-7-30-25)32-22(20)5-9-35(18)19-15-21(27)24(28)23(16-19)36-14-4-8-33-10-12-34(37-2)13-11-33/h3,6-7,15-18H,4-5,8-14H2,1-2H3. The molecule has 2 aliphatic rings. The first-order valence-corrected chi connectivity index (χ1v) is 13.7. The summed E-state index contributed by atoms with van der Waals surface area (Å²) >= 11 is 1.77. The Balaban J connectivity index is 1.24. The van der Waals surface area contributed by atoms with Gasteiger partial charge in [-0.15, -0.1) is 0 Å². The molecule has 1 unspecified atom stereocenters. The van der Waals surface area contributed by atoms with Gasteiger partial charge in [-0.3, -0.25) is 0 Å². The van der Waals surface area contributed by atoms with Crippen molar-refractivity contribution in [3.05, 3.63) is 59.7 Å². The van der Waals surface area contributed by atoms with E-state index in [2.05, 4.69) is 35.4 Å². The van der Waals surface area contributed by atoms with Crippen LogP contribution in [0.2, 0.25) is 0 Å². The van der Waals surface area contributed by atoms with Crippen molar-refractivity contribution in [2.24, 2.45) is 0 Å². The minimum atomic E-state index is -0.946. The second kappa shape index (κ2) is 11.7. The maximum absolute atomic E-state index is 14.6. The first-order chi connectivity index (χ1) is 18.0. The van der Waals surface area contributed by atoms with Crippen LogP contribution in [0.3, 0.4) is 0 Å². The zero-order valence-electron chi connectivity index (χ0n) is 21.1. The maximum Gasteiger partial charge on any atom is 0.200 e. The molecule has 2 aromatic heterocycles. The fourth-order valence-corrected chi connectivity index (χ4v) is 5.39. The number of fused-ring (bicyclic) bond motifs is 1. The zero-order chi connectivity index (χ0) is 25.8. The van der Waals surface area contributed by atoms with E-state index < -0.39 is 11.6 Å². The Labute approximate surface area is 220 Å². The van der Waals surface area contributed by atoms with Crippen molar-refractivity contribution in [3.63, 3.8) is 0 Å². The average molecular weight is 528 g/mol. The van der Waals surface area contributed by atoms with Gasteiger partial charge < -0.3 is 14.5 Å². The van der Waals surface area contributed by atoms with Crippen LogP contribution in [0.5, 0.6) is 5.75 Å².